The molecule has 2 aromatic carbocycles. The van der Waals surface area contributed by atoms with Crippen LogP contribution in [0.4, 0.5) is 17.3 Å². The van der Waals surface area contributed by atoms with Gasteiger partial charge in [0, 0.05) is 28.6 Å². The number of hydrogen-bond acceptors (Lipinski definition) is 6. The molecule has 0 aliphatic carbocycles. The van der Waals surface area contributed by atoms with Gasteiger partial charge in [-0.25, -0.2) is 4.98 Å². The first-order valence-electron chi connectivity index (χ1n) is 9.63. The van der Waals surface area contributed by atoms with E-state index in [4.69, 9.17) is 16.3 Å². The first-order valence-corrected chi connectivity index (χ1v) is 10.0. The standard InChI is InChI=1S/C22H18ClN5O3/c23-14-5-9-16(10-6-14)26-22-27-19(17(12-24)20(29)28-22)13-3-7-15(8-4-13)25-21(30)18-2-1-11-31-18/h3-10,18H,1-2,11H2,(H,25,30)(H2,26,27,28,29). The van der Waals surface area contributed by atoms with E-state index in [2.05, 4.69) is 20.6 Å². The SMILES string of the molecule is N#Cc1c(-c2ccc(NC(=O)C3CCCO3)cc2)nc(Nc2ccc(Cl)cc2)[nH]c1=O. The van der Waals surface area contributed by atoms with Crippen LogP contribution in [0.3, 0.4) is 0 Å². The van der Waals surface area contributed by atoms with Crippen LogP contribution in [-0.4, -0.2) is 28.6 Å². The van der Waals surface area contributed by atoms with Gasteiger partial charge in [-0.05, 0) is 49.2 Å². The zero-order valence-corrected chi connectivity index (χ0v) is 17.1. The summed E-state index contributed by atoms with van der Waals surface area (Å²) in [6.45, 7) is 0.592. The number of aromatic nitrogens is 2. The van der Waals surface area contributed by atoms with Gasteiger partial charge in [0.1, 0.15) is 17.7 Å². The molecule has 1 saturated heterocycles. The molecule has 2 heterocycles. The Kier molecular flexibility index (Phi) is 5.98. The molecule has 1 fully saturated rings. The quantitative estimate of drug-likeness (QED) is 0.560. The molecule has 1 unspecified atom stereocenters. The topological polar surface area (TPSA) is 120 Å². The van der Waals surface area contributed by atoms with Crippen LogP contribution < -0.4 is 16.2 Å². The van der Waals surface area contributed by atoms with Crippen molar-refractivity contribution in [3.63, 3.8) is 0 Å². The second-order valence-corrected chi connectivity index (χ2v) is 7.39. The number of ether oxygens (including phenoxy) is 1. The lowest BCUT2D eigenvalue weighted by Crippen LogP contribution is -2.26. The summed E-state index contributed by atoms with van der Waals surface area (Å²) < 4.78 is 5.38. The van der Waals surface area contributed by atoms with Crippen LogP contribution in [-0.2, 0) is 9.53 Å². The van der Waals surface area contributed by atoms with Crippen molar-refractivity contribution in [3.05, 3.63) is 69.5 Å². The molecule has 0 spiro atoms. The second kappa shape index (κ2) is 9.00. The van der Waals surface area contributed by atoms with E-state index in [0.717, 1.165) is 6.42 Å². The molecule has 1 aliphatic rings. The van der Waals surface area contributed by atoms with Crippen molar-refractivity contribution < 1.29 is 9.53 Å². The minimum atomic E-state index is -0.556. The van der Waals surface area contributed by atoms with E-state index in [1.165, 1.54) is 0 Å². The first-order chi connectivity index (χ1) is 15.0. The Labute approximate surface area is 182 Å². The Morgan fingerprint density at radius 1 is 1.16 bits per heavy atom. The highest BCUT2D eigenvalue weighted by Gasteiger charge is 2.23. The predicted molar refractivity (Wildman–Crippen MR) is 117 cm³/mol. The third-order valence-electron chi connectivity index (χ3n) is 4.79. The van der Waals surface area contributed by atoms with Crippen LogP contribution in [0.5, 0.6) is 0 Å². The molecule has 8 nitrogen and oxygen atoms in total. The number of rotatable bonds is 5. The number of nitrogens with zero attached hydrogens (tertiary/aromatic N) is 2. The third-order valence-corrected chi connectivity index (χ3v) is 5.04. The number of carbonyl (C=O) groups excluding carboxylic acids is 1. The van der Waals surface area contributed by atoms with E-state index in [0.29, 0.717) is 35.0 Å². The van der Waals surface area contributed by atoms with Gasteiger partial charge >= 0.3 is 0 Å². The third kappa shape index (κ3) is 4.74. The molecule has 1 aromatic heterocycles. The number of anilines is 3. The number of benzene rings is 2. The summed E-state index contributed by atoms with van der Waals surface area (Å²) in [5, 5.41) is 15.8. The van der Waals surface area contributed by atoms with Crippen LogP contribution in [0.1, 0.15) is 18.4 Å². The fraction of sp³-hybridized carbons (Fsp3) is 0.182. The first kappa shape index (κ1) is 20.6. The highest BCUT2D eigenvalue weighted by Crippen LogP contribution is 2.24. The summed E-state index contributed by atoms with van der Waals surface area (Å²) >= 11 is 5.90. The largest absolute Gasteiger partial charge is 0.368 e. The van der Waals surface area contributed by atoms with Crippen LogP contribution in [0.25, 0.3) is 11.3 Å². The highest BCUT2D eigenvalue weighted by atomic mass is 35.5. The van der Waals surface area contributed by atoms with Crippen molar-refractivity contribution in [2.45, 2.75) is 18.9 Å². The number of halogens is 1. The molecule has 1 amide bonds. The molecule has 3 N–H and O–H groups in total. The fourth-order valence-electron chi connectivity index (χ4n) is 3.23. The Hall–Kier alpha value is -3.67. The van der Waals surface area contributed by atoms with E-state index < -0.39 is 11.7 Å². The Morgan fingerprint density at radius 3 is 2.52 bits per heavy atom. The smallest absolute Gasteiger partial charge is 0.270 e. The number of nitriles is 1. The van der Waals surface area contributed by atoms with Crippen molar-refractivity contribution in [1.29, 1.82) is 5.26 Å². The molecule has 1 aliphatic heterocycles. The molecule has 9 heteroatoms. The molecule has 0 saturated carbocycles. The summed E-state index contributed by atoms with van der Waals surface area (Å²) in [5.41, 5.74) is 1.41. The highest BCUT2D eigenvalue weighted by molar-refractivity contribution is 6.30. The van der Waals surface area contributed by atoms with Crippen LogP contribution in [0, 0.1) is 11.3 Å². The fourth-order valence-corrected chi connectivity index (χ4v) is 3.36. The van der Waals surface area contributed by atoms with Gasteiger partial charge in [0.2, 0.25) is 5.95 Å². The van der Waals surface area contributed by atoms with E-state index >= 15 is 0 Å². The Morgan fingerprint density at radius 2 is 1.87 bits per heavy atom. The normalized spacial score (nSPS) is 15.3. The lowest BCUT2D eigenvalue weighted by atomic mass is 10.1. The zero-order valence-electron chi connectivity index (χ0n) is 16.3. The Balaban J connectivity index is 1.59. The van der Waals surface area contributed by atoms with Crippen molar-refractivity contribution in [1.82, 2.24) is 9.97 Å². The molecule has 4 rings (SSSR count). The molecular weight excluding hydrogens is 418 g/mol. The summed E-state index contributed by atoms with van der Waals surface area (Å²) in [6, 6.07) is 15.6. The monoisotopic (exact) mass is 435 g/mol. The summed E-state index contributed by atoms with van der Waals surface area (Å²) in [6.07, 6.45) is 1.14. The second-order valence-electron chi connectivity index (χ2n) is 6.95. The van der Waals surface area contributed by atoms with Crippen LogP contribution in [0.2, 0.25) is 5.02 Å². The van der Waals surface area contributed by atoms with Crippen molar-refractivity contribution in [2.75, 3.05) is 17.2 Å². The molecule has 156 valence electrons. The van der Waals surface area contributed by atoms with Crippen molar-refractivity contribution in [3.8, 4) is 17.3 Å². The summed E-state index contributed by atoms with van der Waals surface area (Å²) in [7, 11) is 0. The van der Waals surface area contributed by atoms with Gasteiger partial charge in [-0.15, -0.1) is 0 Å². The van der Waals surface area contributed by atoms with E-state index in [1.54, 1.807) is 48.5 Å². The van der Waals surface area contributed by atoms with Gasteiger partial charge in [0.05, 0.1) is 5.69 Å². The van der Waals surface area contributed by atoms with Gasteiger partial charge in [-0.3, -0.25) is 14.6 Å². The van der Waals surface area contributed by atoms with E-state index in [1.807, 2.05) is 6.07 Å². The number of aromatic amines is 1. The number of amides is 1. The maximum absolute atomic E-state index is 12.4. The number of nitrogens with one attached hydrogen (secondary N) is 3. The summed E-state index contributed by atoms with van der Waals surface area (Å²) in [4.78, 5) is 31.6. The number of H-pyrrole nitrogens is 1. The minimum absolute atomic E-state index is 0.0993. The van der Waals surface area contributed by atoms with Gasteiger partial charge in [-0.1, -0.05) is 23.7 Å². The number of hydrogen-bond donors (Lipinski definition) is 3. The Bertz CT molecular complexity index is 1190. The zero-order chi connectivity index (χ0) is 21.8. The summed E-state index contributed by atoms with van der Waals surface area (Å²) in [5.74, 6) is 0.00350. The average molecular weight is 436 g/mol. The van der Waals surface area contributed by atoms with E-state index in [9.17, 15) is 14.9 Å². The predicted octanol–water partition coefficient (Wildman–Crippen LogP) is 3.82. The van der Waals surface area contributed by atoms with Gasteiger partial charge < -0.3 is 15.4 Å². The van der Waals surface area contributed by atoms with Crippen LogP contribution in [0.15, 0.2) is 53.3 Å². The van der Waals surface area contributed by atoms with Crippen LogP contribution >= 0.6 is 11.6 Å². The van der Waals surface area contributed by atoms with E-state index in [-0.39, 0.29) is 23.1 Å². The molecule has 3 aromatic rings. The van der Waals surface area contributed by atoms with Gasteiger partial charge in [-0.2, -0.15) is 5.26 Å². The minimum Gasteiger partial charge on any atom is -0.368 e. The lowest BCUT2D eigenvalue weighted by Gasteiger charge is -2.12. The lowest BCUT2D eigenvalue weighted by molar-refractivity contribution is -0.124. The average Bonchev–Trinajstić information content (AvgIpc) is 3.31. The van der Waals surface area contributed by atoms with Crippen molar-refractivity contribution in [2.24, 2.45) is 0 Å². The van der Waals surface area contributed by atoms with Gasteiger partial charge in [0.15, 0.2) is 0 Å². The molecule has 1 atom stereocenters. The molecule has 0 radical (unpaired) electrons. The maximum atomic E-state index is 12.4. The van der Waals surface area contributed by atoms with Gasteiger partial charge in [0.25, 0.3) is 11.5 Å². The van der Waals surface area contributed by atoms with Crippen molar-refractivity contribution >= 4 is 34.8 Å². The molecular formula is C22H18ClN5O3. The molecule has 0 bridgehead atoms. The molecule has 31 heavy (non-hydrogen) atoms. The maximum Gasteiger partial charge on any atom is 0.270 e. The number of carbonyl (C=O) groups is 1.